The molecule has 0 aromatic carbocycles. The number of esters is 1. The van der Waals surface area contributed by atoms with Crippen LogP contribution in [0.4, 0.5) is 0 Å². The first-order valence-electron chi connectivity index (χ1n) is 6.01. The molecule has 0 spiro atoms. The maximum absolute atomic E-state index is 11.6. The summed E-state index contributed by atoms with van der Waals surface area (Å²) in [7, 11) is 0. The summed E-state index contributed by atoms with van der Waals surface area (Å²) in [5.41, 5.74) is 1.08. The number of hydrogen-bond donors (Lipinski definition) is 0. The summed E-state index contributed by atoms with van der Waals surface area (Å²) in [5, 5.41) is 0.502. The third-order valence-electron chi connectivity index (χ3n) is 2.94. The van der Waals surface area contributed by atoms with Gasteiger partial charge in [0.25, 0.3) is 0 Å². The minimum absolute atomic E-state index is 0.289. The van der Waals surface area contributed by atoms with Crippen LogP contribution in [-0.4, -0.2) is 35.0 Å². The number of rotatable bonds is 3. The van der Waals surface area contributed by atoms with Crippen LogP contribution in [0.15, 0.2) is 0 Å². The van der Waals surface area contributed by atoms with Gasteiger partial charge in [-0.25, -0.2) is 9.78 Å². The van der Waals surface area contributed by atoms with Crippen molar-refractivity contribution in [1.82, 2.24) is 9.88 Å². The molecular formula is C12H18N2O2S. The summed E-state index contributed by atoms with van der Waals surface area (Å²) in [6, 6.07) is 0.538. The Morgan fingerprint density at radius 3 is 3.00 bits per heavy atom. The molecule has 94 valence electrons. The molecule has 1 aromatic heterocycles. The van der Waals surface area contributed by atoms with Crippen LogP contribution in [0, 0.1) is 0 Å². The minimum atomic E-state index is -0.289. The van der Waals surface area contributed by atoms with Crippen molar-refractivity contribution in [3.8, 4) is 0 Å². The lowest BCUT2D eigenvalue weighted by Gasteiger charge is -2.29. The van der Waals surface area contributed by atoms with Crippen molar-refractivity contribution in [3.63, 3.8) is 0 Å². The average molecular weight is 254 g/mol. The smallest absolute Gasteiger partial charge is 0.367 e. The third-order valence-corrected chi connectivity index (χ3v) is 4.00. The molecule has 0 radical (unpaired) electrons. The summed E-state index contributed by atoms with van der Waals surface area (Å²) >= 11 is 1.48. The Morgan fingerprint density at radius 2 is 2.35 bits per heavy atom. The molecule has 2 rings (SSSR count). The van der Waals surface area contributed by atoms with E-state index in [0.29, 0.717) is 17.7 Å². The van der Waals surface area contributed by atoms with Crippen molar-refractivity contribution in [2.45, 2.75) is 39.8 Å². The lowest BCUT2D eigenvalue weighted by atomic mass is 10.1. The molecule has 2 heterocycles. The van der Waals surface area contributed by atoms with Crippen LogP contribution in [0.3, 0.4) is 0 Å². The van der Waals surface area contributed by atoms with E-state index in [2.05, 4.69) is 23.7 Å². The van der Waals surface area contributed by atoms with Crippen LogP contribution in [0.1, 0.15) is 41.1 Å². The van der Waals surface area contributed by atoms with Crippen LogP contribution in [0.5, 0.6) is 0 Å². The molecule has 0 saturated heterocycles. The van der Waals surface area contributed by atoms with E-state index in [0.717, 1.165) is 25.2 Å². The quantitative estimate of drug-likeness (QED) is 0.775. The second-order valence-electron chi connectivity index (χ2n) is 4.42. The summed E-state index contributed by atoms with van der Waals surface area (Å²) in [6.07, 6.45) is 0.934. The maximum Gasteiger partial charge on any atom is 0.367 e. The van der Waals surface area contributed by atoms with Crippen LogP contribution < -0.4 is 0 Å². The number of thiazole rings is 1. The Morgan fingerprint density at radius 1 is 1.59 bits per heavy atom. The molecule has 1 aliphatic heterocycles. The Hall–Kier alpha value is -0.940. The summed E-state index contributed by atoms with van der Waals surface area (Å²) < 4.78 is 4.98. The van der Waals surface area contributed by atoms with E-state index in [4.69, 9.17) is 4.74 Å². The predicted octanol–water partition coefficient (Wildman–Crippen LogP) is 2.09. The molecule has 0 N–H and O–H groups in total. The van der Waals surface area contributed by atoms with Crippen molar-refractivity contribution in [3.05, 3.63) is 15.6 Å². The summed E-state index contributed by atoms with van der Waals surface area (Å²) in [5.74, 6) is -0.289. The lowest BCUT2D eigenvalue weighted by molar-refractivity contribution is 0.0525. The molecule has 5 heteroatoms. The molecular weight excluding hydrogens is 236 g/mol. The van der Waals surface area contributed by atoms with Crippen molar-refractivity contribution >= 4 is 17.3 Å². The zero-order valence-corrected chi connectivity index (χ0v) is 11.3. The topological polar surface area (TPSA) is 42.4 Å². The molecule has 1 aromatic rings. The first-order valence-corrected chi connectivity index (χ1v) is 6.83. The van der Waals surface area contributed by atoms with Gasteiger partial charge in [-0.05, 0) is 20.8 Å². The molecule has 0 unspecified atom stereocenters. The van der Waals surface area contributed by atoms with Crippen LogP contribution in [-0.2, 0) is 17.7 Å². The average Bonchev–Trinajstić information content (AvgIpc) is 2.71. The molecule has 1 aliphatic rings. The zero-order valence-electron chi connectivity index (χ0n) is 10.5. The van der Waals surface area contributed by atoms with Gasteiger partial charge >= 0.3 is 5.97 Å². The van der Waals surface area contributed by atoms with E-state index in [-0.39, 0.29) is 5.97 Å². The van der Waals surface area contributed by atoms with Gasteiger partial charge in [0.15, 0.2) is 0 Å². The Kier molecular flexibility index (Phi) is 3.79. The van der Waals surface area contributed by atoms with Crippen molar-refractivity contribution in [2.24, 2.45) is 0 Å². The monoisotopic (exact) mass is 254 g/mol. The number of hydrogen-bond acceptors (Lipinski definition) is 5. The fourth-order valence-corrected chi connectivity index (χ4v) is 2.96. The molecule has 4 nitrogen and oxygen atoms in total. The maximum atomic E-state index is 11.6. The van der Waals surface area contributed by atoms with Crippen molar-refractivity contribution in [2.75, 3.05) is 13.2 Å². The van der Waals surface area contributed by atoms with Gasteiger partial charge in [-0.3, -0.25) is 4.90 Å². The Balaban J connectivity index is 2.14. The fraction of sp³-hybridized carbons (Fsp3) is 0.667. The molecule has 0 amide bonds. The third kappa shape index (κ3) is 2.66. The number of carbonyl (C=O) groups excluding carboxylic acids is 1. The molecule has 0 aliphatic carbocycles. The minimum Gasteiger partial charge on any atom is -0.461 e. The standard InChI is InChI=1S/C12H18N2O2S/c1-4-16-12(15)11-13-9-5-6-14(8(2)3)7-10(9)17-11/h8H,4-7H2,1-3H3. The number of ether oxygens (including phenoxy) is 1. The number of carbonyl (C=O) groups is 1. The Labute approximate surface area is 106 Å². The van der Waals surface area contributed by atoms with Crippen LogP contribution in [0.2, 0.25) is 0 Å². The van der Waals surface area contributed by atoms with Crippen LogP contribution >= 0.6 is 11.3 Å². The highest BCUT2D eigenvalue weighted by atomic mass is 32.1. The van der Waals surface area contributed by atoms with E-state index in [1.165, 1.54) is 16.2 Å². The molecule has 0 atom stereocenters. The highest BCUT2D eigenvalue weighted by molar-refractivity contribution is 7.13. The second-order valence-corrected chi connectivity index (χ2v) is 5.51. The number of nitrogens with zero attached hydrogens (tertiary/aromatic N) is 2. The van der Waals surface area contributed by atoms with Gasteiger partial charge in [0.05, 0.1) is 12.3 Å². The van der Waals surface area contributed by atoms with Gasteiger partial charge in [-0.2, -0.15) is 0 Å². The van der Waals surface area contributed by atoms with Crippen LogP contribution in [0.25, 0.3) is 0 Å². The van der Waals surface area contributed by atoms with E-state index >= 15 is 0 Å². The van der Waals surface area contributed by atoms with Gasteiger partial charge in [0, 0.05) is 30.4 Å². The zero-order chi connectivity index (χ0) is 12.4. The fourth-order valence-electron chi connectivity index (χ4n) is 1.94. The second kappa shape index (κ2) is 5.14. The first-order chi connectivity index (χ1) is 8.11. The van der Waals surface area contributed by atoms with Crippen molar-refractivity contribution < 1.29 is 9.53 Å². The van der Waals surface area contributed by atoms with Gasteiger partial charge in [0.1, 0.15) is 0 Å². The number of fused-ring (bicyclic) bond motifs is 1. The highest BCUT2D eigenvalue weighted by Crippen LogP contribution is 2.26. The first kappa shape index (κ1) is 12.5. The highest BCUT2D eigenvalue weighted by Gasteiger charge is 2.24. The molecule has 0 fully saturated rings. The lowest BCUT2D eigenvalue weighted by Crippen LogP contribution is -2.35. The normalized spacial score (nSPS) is 16.0. The van der Waals surface area contributed by atoms with E-state index < -0.39 is 0 Å². The van der Waals surface area contributed by atoms with Gasteiger partial charge in [0.2, 0.25) is 5.01 Å². The van der Waals surface area contributed by atoms with Crippen molar-refractivity contribution in [1.29, 1.82) is 0 Å². The van der Waals surface area contributed by atoms with E-state index in [1.54, 1.807) is 0 Å². The summed E-state index contributed by atoms with van der Waals surface area (Å²) in [4.78, 5) is 19.6. The van der Waals surface area contributed by atoms with Gasteiger partial charge in [-0.15, -0.1) is 11.3 Å². The van der Waals surface area contributed by atoms with Gasteiger partial charge < -0.3 is 4.74 Å². The molecule has 0 bridgehead atoms. The SMILES string of the molecule is CCOC(=O)c1nc2c(s1)CN(C(C)C)CC2. The predicted molar refractivity (Wildman–Crippen MR) is 67.3 cm³/mol. The van der Waals surface area contributed by atoms with E-state index in [9.17, 15) is 4.79 Å². The largest absolute Gasteiger partial charge is 0.461 e. The van der Waals surface area contributed by atoms with Gasteiger partial charge in [-0.1, -0.05) is 0 Å². The summed E-state index contributed by atoms with van der Waals surface area (Å²) in [6.45, 7) is 8.53. The molecule has 0 saturated carbocycles. The van der Waals surface area contributed by atoms with E-state index in [1.807, 2.05) is 6.92 Å². The number of aromatic nitrogens is 1. The Bertz CT molecular complexity index is 415. The molecule has 17 heavy (non-hydrogen) atoms.